The Morgan fingerprint density at radius 3 is 2.42 bits per heavy atom. The summed E-state index contributed by atoms with van der Waals surface area (Å²) in [5.41, 5.74) is 2.16. The lowest BCUT2D eigenvalue weighted by Gasteiger charge is -2.22. The van der Waals surface area contributed by atoms with Gasteiger partial charge in [0, 0.05) is 17.7 Å². The van der Waals surface area contributed by atoms with Crippen LogP contribution in [0.5, 0.6) is 5.75 Å². The molecule has 1 saturated heterocycles. The molecule has 0 saturated carbocycles. The largest absolute Gasteiger partial charge is 0.507 e. The molecule has 4 aromatic rings. The van der Waals surface area contributed by atoms with Gasteiger partial charge in [-0.3, -0.25) is 24.6 Å². The van der Waals surface area contributed by atoms with Crippen LogP contribution in [0.15, 0.2) is 72.3 Å². The summed E-state index contributed by atoms with van der Waals surface area (Å²) in [6, 6.07) is 16.6. The average Bonchev–Trinajstić information content (AvgIpc) is 3.41. The fourth-order valence-electron chi connectivity index (χ4n) is 4.15. The van der Waals surface area contributed by atoms with Crippen LogP contribution in [0.3, 0.4) is 0 Å². The van der Waals surface area contributed by atoms with E-state index >= 15 is 0 Å². The minimum atomic E-state index is -1.03. The Hall–Kier alpha value is -4.57. The van der Waals surface area contributed by atoms with Crippen LogP contribution in [0.1, 0.15) is 22.7 Å². The van der Waals surface area contributed by atoms with Gasteiger partial charge in [0.05, 0.1) is 33.9 Å². The van der Waals surface area contributed by atoms with E-state index in [1.54, 1.807) is 24.3 Å². The molecule has 1 atom stereocenters. The lowest BCUT2D eigenvalue weighted by molar-refractivity contribution is -0.384. The predicted octanol–water partition coefficient (Wildman–Crippen LogP) is 5.15. The molecule has 1 N–H and O–H groups in total. The summed E-state index contributed by atoms with van der Waals surface area (Å²) in [6.07, 6.45) is 0. The molecule has 0 bridgehead atoms. The normalized spacial score (nSPS) is 17.1. The third kappa shape index (κ3) is 3.87. The van der Waals surface area contributed by atoms with Gasteiger partial charge >= 0.3 is 5.91 Å². The highest BCUT2D eigenvalue weighted by atomic mass is 32.1. The smallest absolute Gasteiger partial charge is 0.301 e. The lowest BCUT2D eigenvalue weighted by Crippen LogP contribution is -2.29. The van der Waals surface area contributed by atoms with Crippen LogP contribution in [-0.2, 0) is 9.59 Å². The lowest BCUT2D eigenvalue weighted by atomic mass is 9.95. The number of nitrogens with zero attached hydrogens (tertiary/aromatic N) is 3. The van der Waals surface area contributed by atoms with Crippen LogP contribution in [0.4, 0.5) is 10.8 Å². The highest BCUT2D eigenvalue weighted by Crippen LogP contribution is 2.44. The van der Waals surface area contributed by atoms with Crippen molar-refractivity contribution in [2.24, 2.45) is 0 Å². The van der Waals surface area contributed by atoms with E-state index in [1.165, 1.54) is 47.6 Å². The first kappa shape index (κ1) is 23.2. The van der Waals surface area contributed by atoms with Crippen molar-refractivity contribution >= 4 is 49.8 Å². The summed E-state index contributed by atoms with van der Waals surface area (Å²) in [7, 11) is 1.51. The van der Waals surface area contributed by atoms with Gasteiger partial charge < -0.3 is 9.84 Å². The number of aliphatic hydroxyl groups excluding tert-OH is 1. The van der Waals surface area contributed by atoms with Crippen molar-refractivity contribution in [1.82, 2.24) is 4.98 Å². The van der Waals surface area contributed by atoms with Crippen LogP contribution >= 0.6 is 11.3 Å². The van der Waals surface area contributed by atoms with Crippen molar-refractivity contribution in [2.45, 2.75) is 13.0 Å². The van der Waals surface area contributed by atoms with Crippen LogP contribution in [-0.4, -0.2) is 33.8 Å². The van der Waals surface area contributed by atoms with E-state index in [4.69, 9.17) is 4.74 Å². The van der Waals surface area contributed by atoms with Crippen molar-refractivity contribution in [3.05, 3.63) is 99.1 Å². The molecule has 36 heavy (non-hydrogen) atoms. The molecule has 0 radical (unpaired) electrons. The van der Waals surface area contributed by atoms with E-state index in [2.05, 4.69) is 4.98 Å². The van der Waals surface area contributed by atoms with Gasteiger partial charge in [-0.25, -0.2) is 4.98 Å². The average molecular weight is 502 g/mol. The Labute approximate surface area is 209 Å². The number of hydrogen-bond donors (Lipinski definition) is 1. The molecule has 0 aliphatic carbocycles. The second-order valence-corrected chi connectivity index (χ2v) is 9.22. The molecule has 10 heteroatoms. The van der Waals surface area contributed by atoms with Gasteiger partial charge in [0.2, 0.25) is 0 Å². The maximum absolute atomic E-state index is 13.3. The third-order valence-corrected chi connectivity index (χ3v) is 6.98. The summed E-state index contributed by atoms with van der Waals surface area (Å²) in [5.74, 6) is -1.52. The van der Waals surface area contributed by atoms with Crippen LogP contribution in [0, 0.1) is 17.0 Å². The summed E-state index contributed by atoms with van der Waals surface area (Å²) in [6.45, 7) is 1.94. The number of ketones is 1. The minimum absolute atomic E-state index is 0.130. The second kappa shape index (κ2) is 8.90. The molecule has 9 nitrogen and oxygen atoms in total. The number of aliphatic hydroxyl groups is 1. The first-order valence-electron chi connectivity index (χ1n) is 10.9. The number of nitro benzene ring substituents is 1. The Balaban J connectivity index is 1.70. The molecule has 180 valence electrons. The molecular formula is C26H19N3O6S. The van der Waals surface area contributed by atoms with Gasteiger partial charge in [-0.1, -0.05) is 17.4 Å². The fraction of sp³-hybridized carbons (Fsp3) is 0.115. The highest BCUT2D eigenvalue weighted by molar-refractivity contribution is 7.22. The number of methoxy groups -OCH3 is 1. The number of fused-ring (bicyclic) bond motifs is 1. The van der Waals surface area contributed by atoms with Crippen molar-refractivity contribution in [2.75, 3.05) is 12.0 Å². The number of Topliss-reactive ketones (excluding diaryl/α,β-unsaturated/α-hetero) is 1. The number of carbonyl (C=O) groups excluding carboxylic acids is 2. The van der Waals surface area contributed by atoms with Crippen molar-refractivity contribution in [3.63, 3.8) is 0 Å². The number of nitro groups is 1. The van der Waals surface area contributed by atoms with Crippen LogP contribution in [0.2, 0.25) is 0 Å². The standard InChI is InChI=1S/C26H19N3O6S/c1-14-3-12-19-20(13-14)36-26(27-19)28-22(15-4-8-17(9-5-15)29(33)34)21(24(31)25(28)32)23(30)16-6-10-18(35-2)11-7-16/h3-13,22,30H,1-2H3/b23-21+/t22-/m0/s1. The van der Waals surface area contributed by atoms with E-state index in [-0.39, 0.29) is 22.2 Å². The molecule has 5 rings (SSSR count). The van der Waals surface area contributed by atoms with E-state index < -0.39 is 22.7 Å². The number of non-ortho nitro benzene ring substituents is 1. The van der Waals surface area contributed by atoms with Crippen molar-refractivity contribution in [3.8, 4) is 5.75 Å². The maximum atomic E-state index is 13.3. The molecule has 1 fully saturated rings. The quantitative estimate of drug-likeness (QED) is 0.132. The van der Waals surface area contributed by atoms with Gasteiger partial charge in [-0.05, 0) is 66.6 Å². The van der Waals surface area contributed by atoms with Crippen LogP contribution < -0.4 is 9.64 Å². The van der Waals surface area contributed by atoms with E-state index in [9.17, 15) is 24.8 Å². The molecule has 2 heterocycles. The maximum Gasteiger partial charge on any atom is 0.301 e. The van der Waals surface area contributed by atoms with E-state index in [1.807, 2.05) is 25.1 Å². The fourth-order valence-corrected chi connectivity index (χ4v) is 5.24. The van der Waals surface area contributed by atoms with Gasteiger partial charge in [-0.2, -0.15) is 0 Å². The van der Waals surface area contributed by atoms with E-state index in [0.29, 0.717) is 22.4 Å². The number of rotatable bonds is 5. The van der Waals surface area contributed by atoms with Crippen LogP contribution in [0.25, 0.3) is 16.0 Å². The number of carbonyl (C=O) groups is 2. The molecular weight excluding hydrogens is 482 g/mol. The van der Waals surface area contributed by atoms with E-state index in [0.717, 1.165) is 10.3 Å². The zero-order valence-electron chi connectivity index (χ0n) is 19.2. The number of thiazole rings is 1. The zero-order valence-corrected chi connectivity index (χ0v) is 20.0. The Kier molecular flexibility index (Phi) is 5.73. The molecule has 1 aromatic heterocycles. The Morgan fingerprint density at radius 2 is 1.78 bits per heavy atom. The zero-order chi connectivity index (χ0) is 25.6. The molecule has 1 aliphatic heterocycles. The highest BCUT2D eigenvalue weighted by Gasteiger charge is 2.48. The number of aromatic nitrogens is 1. The summed E-state index contributed by atoms with van der Waals surface area (Å²) >= 11 is 1.25. The molecule has 0 spiro atoms. The monoisotopic (exact) mass is 501 g/mol. The van der Waals surface area contributed by atoms with Crippen molar-refractivity contribution < 1.29 is 24.4 Å². The SMILES string of the molecule is COc1ccc(/C(O)=C2\C(=O)C(=O)N(c3nc4ccc(C)cc4s3)[C@H]2c2ccc([N+](=O)[O-])cc2)cc1. The number of aryl methyl sites for hydroxylation is 1. The topological polar surface area (TPSA) is 123 Å². The summed E-state index contributed by atoms with van der Waals surface area (Å²) < 4.78 is 5.99. The third-order valence-electron chi connectivity index (χ3n) is 5.97. The van der Waals surface area contributed by atoms with Crippen molar-refractivity contribution in [1.29, 1.82) is 0 Å². The van der Waals surface area contributed by atoms with Gasteiger partial charge in [0.25, 0.3) is 11.5 Å². The summed E-state index contributed by atoms with van der Waals surface area (Å²) in [4.78, 5) is 43.1. The van der Waals surface area contributed by atoms with Gasteiger partial charge in [0.1, 0.15) is 11.5 Å². The Morgan fingerprint density at radius 1 is 1.08 bits per heavy atom. The minimum Gasteiger partial charge on any atom is -0.507 e. The molecule has 1 aliphatic rings. The molecule has 1 amide bonds. The number of benzene rings is 3. The number of anilines is 1. The predicted molar refractivity (Wildman–Crippen MR) is 135 cm³/mol. The molecule has 3 aromatic carbocycles. The second-order valence-electron chi connectivity index (χ2n) is 8.21. The first-order valence-corrected chi connectivity index (χ1v) is 11.7. The summed E-state index contributed by atoms with van der Waals surface area (Å²) in [5, 5.41) is 22.7. The Bertz CT molecular complexity index is 1560. The first-order chi connectivity index (χ1) is 17.3. The number of hydrogen-bond acceptors (Lipinski definition) is 8. The van der Waals surface area contributed by atoms with Gasteiger partial charge in [0.15, 0.2) is 5.13 Å². The van der Waals surface area contributed by atoms with Gasteiger partial charge in [-0.15, -0.1) is 0 Å². The number of amides is 1. The number of ether oxygens (including phenoxy) is 1. The molecule has 0 unspecified atom stereocenters.